The Bertz CT molecular complexity index is 1150. The van der Waals surface area contributed by atoms with Gasteiger partial charge in [0, 0.05) is 12.7 Å². The van der Waals surface area contributed by atoms with Gasteiger partial charge in [-0.25, -0.2) is 4.98 Å². The number of pyridine rings is 1. The van der Waals surface area contributed by atoms with E-state index in [0.29, 0.717) is 5.56 Å². The van der Waals surface area contributed by atoms with Crippen molar-refractivity contribution in [3.63, 3.8) is 0 Å². The summed E-state index contributed by atoms with van der Waals surface area (Å²) >= 11 is 0. The van der Waals surface area contributed by atoms with Gasteiger partial charge in [-0.05, 0) is 37.5 Å². The summed E-state index contributed by atoms with van der Waals surface area (Å²) in [6.07, 6.45) is 0.718. The van der Waals surface area contributed by atoms with Crippen LogP contribution in [0.3, 0.4) is 0 Å². The topological polar surface area (TPSA) is 59.8 Å². The highest BCUT2D eigenvalue weighted by Crippen LogP contribution is 2.24. The van der Waals surface area contributed by atoms with Crippen LogP contribution in [0.15, 0.2) is 66.7 Å². The number of nitrogens with zero attached hydrogens (tertiary/aromatic N) is 3. The fourth-order valence-electron chi connectivity index (χ4n) is 3.77. The van der Waals surface area contributed by atoms with E-state index in [1.165, 1.54) is 5.56 Å². The predicted octanol–water partition coefficient (Wildman–Crippen LogP) is 4.30. The van der Waals surface area contributed by atoms with E-state index in [-0.39, 0.29) is 11.9 Å². The molecule has 2 aromatic heterocycles. The van der Waals surface area contributed by atoms with Crippen LogP contribution in [-0.4, -0.2) is 20.7 Å². The van der Waals surface area contributed by atoms with Crippen LogP contribution in [0.2, 0.25) is 0 Å². The maximum absolute atomic E-state index is 13.4. The first-order valence-electron chi connectivity index (χ1n) is 9.73. The average Bonchev–Trinajstić information content (AvgIpc) is 3.01. The molecule has 29 heavy (non-hydrogen) atoms. The second-order valence-corrected chi connectivity index (χ2v) is 7.35. The Balaban J connectivity index is 1.71. The van der Waals surface area contributed by atoms with Crippen molar-refractivity contribution in [1.29, 1.82) is 0 Å². The summed E-state index contributed by atoms with van der Waals surface area (Å²) in [4.78, 5) is 17.9. The zero-order valence-corrected chi connectivity index (χ0v) is 16.9. The molecule has 5 heteroatoms. The molecular weight excluding hydrogens is 360 g/mol. The largest absolute Gasteiger partial charge is 0.345 e. The van der Waals surface area contributed by atoms with Crippen LogP contribution in [0.4, 0.5) is 0 Å². The number of benzene rings is 2. The smallest absolute Gasteiger partial charge is 0.252 e. The van der Waals surface area contributed by atoms with Crippen LogP contribution < -0.4 is 5.32 Å². The summed E-state index contributed by atoms with van der Waals surface area (Å²) in [6, 6.07) is 22.0. The highest BCUT2D eigenvalue weighted by Gasteiger charge is 2.21. The first kappa shape index (κ1) is 18.9. The number of rotatable bonds is 5. The van der Waals surface area contributed by atoms with Crippen molar-refractivity contribution in [2.24, 2.45) is 7.05 Å². The number of aryl methyl sites for hydroxylation is 3. The molecule has 2 aromatic carbocycles. The van der Waals surface area contributed by atoms with E-state index in [2.05, 4.69) is 39.7 Å². The van der Waals surface area contributed by atoms with E-state index < -0.39 is 0 Å². The number of nitrogens with one attached hydrogen (secondary N) is 1. The van der Waals surface area contributed by atoms with Crippen LogP contribution in [0.1, 0.15) is 38.9 Å². The number of fused-ring (bicyclic) bond motifs is 1. The summed E-state index contributed by atoms with van der Waals surface area (Å²) in [6.45, 7) is 3.81. The lowest BCUT2D eigenvalue weighted by Gasteiger charge is -2.20. The minimum Gasteiger partial charge on any atom is -0.345 e. The van der Waals surface area contributed by atoms with Crippen molar-refractivity contribution >= 4 is 16.9 Å². The molecule has 0 aliphatic heterocycles. The van der Waals surface area contributed by atoms with Crippen LogP contribution >= 0.6 is 0 Å². The fraction of sp³-hybridized carbons (Fsp3) is 0.208. The molecule has 1 atom stereocenters. The van der Waals surface area contributed by atoms with E-state index in [4.69, 9.17) is 0 Å². The number of carbonyl (C=O) groups is 1. The lowest BCUT2D eigenvalue weighted by molar-refractivity contribution is 0.0938. The average molecular weight is 384 g/mol. The summed E-state index contributed by atoms with van der Waals surface area (Å²) in [7, 11) is 1.85. The summed E-state index contributed by atoms with van der Waals surface area (Å²) in [5.74, 6) is -0.110. The highest BCUT2D eigenvalue weighted by molar-refractivity contribution is 6.06. The predicted molar refractivity (Wildman–Crippen MR) is 115 cm³/mol. The third kappa shape index (κ3) is 3.90. The van der Waals surface area contributed by atoms with Crippen molar-refractivity contribution in [3.05, 3.63) is 94.8 Å². The molecule has 0 aliphatic rings. The van der Waals surface area contributed by atoms with Gasteiger partial charge in [-0.1, -0.05) is 60.7 Å². The van der Waals surface area contributed by atoms with E-state index in [1.807, 2.05) is 63.4 Å². The molecule has 1 amide bonds. The Labute approximate surface area is 170 Å². The van der Waals surface area contributed by atoms with Crippen molar-refractivity contribution in [2.45, 2.75) is 26.3 Å². The quantitative estimate of drug-likeness (QED) is 0.558. The lowest BCUT2D eigenvalue weighted by Crippen LogP contribution is -2.30. The first-order valence-corrected chi connectivity index (χ1v) is 9.73. The molecule has 0 radical (unpaired) electrons. The normalized spacial score (nSPS) is 12.1. The molecule has 1 N–H and O–H groups in total. The van der Waals surface area contributed by atoms with E-state index in [1.54, 1.807) is 4.68 Å². The van der Waals surface area contributed by atoms with Gasteiger partial charge in [-0.15, -0.1) is 0 Å². The number of carbonyl (C=O) groups excluding carboxylic acids is 1. The first-order chi connectivity index (χ1) is 14.0. The molecule has 0 saturated carbocycles. The molecule has 0 fully saturated rings. The van der Waals surface area contributed by atoms with Gasteiger partial charge in [0.15, 0.2) is 5.65 Å². The zero-order chi connectivity index (χ0) is 20.4. The van der Waals surface area contributed by atoms with Gasteiger partial charge in [0.1, 0.15) is 0 Å². The van der Waals surface area contributed by atoms with Gasteiger partial charge in [-0.2, -0.15) is 5.10 Å². The minimum atomic E-state index is -0.133. The maximum atomic E-state index is 13.4. The summed E-state index contributed by atoms with van der Waals surface area (Å²) in [5, 5.41) is 8.51. The third-order valence-corrected chi connectivity index (χ3v) is 5.13. The van der Waals surface area contributed by atoms with Crippen LogP contribution in [0.5, 0.6) is 0 Å². The molecule has 0 unspecified atom stereocenters. The van der Waals surface area contributed by atoms with E-state index in [9.17, 15) is 4.79 Å². The Morgan fingerprint density at radius 1 is 1.03 bits per heavy atom. The molecule has 0 spiro atoms. The number of amides is 1. The van der Waals surface area contributed by atoms with Gasteiger partial charge in [-0.3, -0.25) is 9.48 Å². The fourth-order valence-corrected chi connectivity index (χ4v) is 3.77. The Hall–Kier alpha value is -3.47. The lowest BCUT2D eigenvalue weighted by atomic mass is 9.98. The molecule has 0 saturated heterocycles. The number of aromatic nitrogens is 3. The Morgan fingerprint density at radius 2 is 1.69 bits per heavy atom. The SMILES string of the molecule is Cc1cc(C(=O)N[C@@H](Cc2ccccc2)c2ccccc2)c2c(C)nn(C)c2n1. The third-order valence-electron chi connectivity index (χ3n) is 5.13. The van der Waals surface area contributed by atoms with Gasteiger partial charge >= 0.3 is 0 Å². The van der Waals surface area contributed by atoms with Crippen molar-refractivity contribution in [3.8, 4) is 0 Å². The molecule has 4 rings (SSSR count). The summed E-state index contributed by atoms with van der Waals surface area (Å²) in [5.41, 5.74) is 5.20. The van der Waals surface area contributed by atoms with Crippen molar-refractivity contribution in [1.82, 2.24) is 20.1 Å². The zero-order valence-electron chi connectivity index (χ0n) is 16.9. The Kier molecular flexibility index (Phi) is 5.12. The number of hydrogen-bond donors (Lipinski definition) is 1. The van der Waals surface area contributed by atoms with Crippen molar-refractivity contribution in [2.75, 3.05) is 0 Å². The molecule has 0 aliphatic carbocycles. The number of hydrogen-bond acceptors (Lipinski definition) is 3. The van der Waals surface area contributed by atoms with Gasteiger partial charge in [0.05, 0.1) is 22.7 Å². The highest BCUT2D eigenvalue weighted by atomic mass is 16.1. The van der Waals surface area contributed by atoms with Crippen molar-refractivity contribution < 1.29 is 4.79 Å². The van der Waals surface area contributed by atoms with Gasteiger partial charge in [0.2, 0.25) is 0 Å². The molecule has 4 aromatic rings. The Morgan fingerprint density at radius 3 is 2.38 bits per heavy atom. The van der Waals surface area contributed by atoms with E-state index in [0.717, 1.165) is 34.4 Å². The minimum absolute atomic E-state index is 0.110. The van der Waals surface area contributed by atoms with Gasteiger partial charge in [0.25, 0.3) is 5.91 Å². The summed E-state index contributed by atoms with van der Waals surface area (Å²) < 4.78 is 1.73. The maximum Gasteiger partial charge on any atom is 0.252 e. The van der Waals surface area contributed by atoms with Crippen LogP contribution in [-0.2, 0) is 13.5 Å². The molecule has 0 bridgehead atoms. The van der Waals surface area contributed by atoms with E-state index >= 15 is 0 Å². The monoisotopic (exact) mass is 384 g/mol. The molecule has 2 heterocycles. The van der Waals surface area contributed by atoms with Crippen LogP contribution in [0, 0.1) is 13.8 Å². The van der Waals surface area contributed by atoms with Crippen LogP contribution in [0.25, 0.3) is 11.0 Å². The molecule has 146 valence electrons. The standard InChI is InChI=1S/C24H24N4O/c1-16-14-20(22-17(2)27-28(3)23(22)25-16)24(29)26-21(19-12-8-5-9-13-19)15-18-10-6-4-7-11-18/h4-14,21H,15H2,1-3H3,(H,26,29)/t21-/m0/s1. The van der Waals surface area contributed by atoms with Gasteiger partial charge < -0.3 is 5.32 Å². The second-order valence-electron chi connectivity index (χ2n) is 7.35. The molecular formula is C24H24N4O. The molecule has 5 nitrogen and oxygen atoms in total. The second kappa shape index (κ2) is 7.87.